The Balaban J connectivity index is 2.24. The van der Waals surface area contributed by atoms with Crippen molar-refractivity contribution in [2.24, 2.45) is 0 Å². The molecule has 0 unspecified atom stereocenters. The Morgan fingerprint density at radius 1 is 1.20 bits per heavy atom. The van der Waals surface area contributed by atoms with Gasteiger partial charge in [0.2, 0.25) is 0 Å². The molecular formula is C14H15Br. The van der Waals surface area contributed by atoms with Crippen molar-refractivity contribution >= 4 is 15.9 Å². The van der Waals surface area contributed by atoms with Crippen molar-refractivity contribution in [3.05, 3.63) is 33.8 Å². The highest BCUT2D eigenvalue weighted by atomic mass is 79.9. The van der Waals surface area contributed by atoms with Gasteiger partial charge in [0.15, 0.2) is 0 Å². The van der Waals surface area contributed by atoms with Crippen LogP contribution in [0.25, 0.3) is 0 Å². The van der Waals surface area contributed by atoms with Crippen LogP contribution in [0.4, 0.5) is 0 Å². The molecule has 0 N–H and O–H groups in total. The van der Waals surface area contributed by atoms with E-state index < -0.39 is 0 Å². The maximum Gasteiger partial charge on any atom is 0.0254 e. The largest absolute Gasteiger partial charge is 0.115 e. The van der Waals surface area contributed by atoms with Gasteiger partial charge in [-0.05, 0) is 36.5 Å². The zero-order chi connectivity index (χ0) is 10.7. The summed E-state index contributed by atoms with van der Waals surface area (Å²) in [5, 5.41) is 0. The van der Waals surface area contributed by atoms with Gasteiger partial charge in [0, 0.05) is 10.0 Å². The van der Waals surface area contributed by atoms with E-state index in [1.165, 1.54) is 42.1 Å². The van der Waals surface area contributed by atoms with Gasteiger partial charge in [0.05, 0.1) is 0 Å². The predicted molar refractivity (Wildman–Crippen MR) is 67.9 cm³/mol. The lowest BCUT2D eigenvalue weighted by Gasteiger charge is -2.23. The van der Waals surface area contributed by atoms with Crippen LogP contribution in [0.15, 0.2) is 22.7 Å². The van der Waals surface area contributed by atoms with Gasteiger partial charge < -0.3 is 0 Å². The first-order valence-corrected chi connectivity index (χ1v) is 6.36. The number of benzene rings is 1. The summed E-state index contributed by atoms with van der Waals surface area (Å²) in [7, 11) is 0. The second kappa shape index (κ2) is 4.86. The molecule has 0 heterocycles. The van der Waals surface area contributed by atoms with Crippen LogP contribution in [0.1, 0.15) is 49.1 Å². The van der Waals surface area contributed by atoms with Crippen LogP contribution in [-0.2, 0) is 0 Å². The summed E-state index contributed by atoms with van der Waals surface area (Å²) in [4.78, 5) is 0. The summed E-state index contributed by atoms with van der Waals surface area (Å²) in [5.74, 6) is 3.40. The van der Waals surface area contributed by atoms with Crippen molar-refractivity contribution in [1.82, 2.24) is 0 Å². The lowest BCUT2D eigenvalue weighted by Crippen LogP contribution is -2.05. The molecule has 2 rings (SSSR count). The molecule has 1 saturated carbocycles. The first kappa shape index (κ1) is 10.8. The molecule has 1 fully saturated rings. The van der Waals surface area contributed by atoms with E-state index in [0.717, 1.165) is 11.5 Å². The number of hydrogen-bond acceptors (Lipinski definition) is 0. The smallest absolute Gasteiger partial charge is 0.0254 e. The van der Waals surface area contributed by atoms with Crippen LogP contribution < -0.4 is 0 Å². The SMILES string of the molecule is C#Cc1ccc(C2CCCCC2)c(Br)c1. The molecule has 0 spiro atoms. The van der Waals surface area contributed by atoms with Gasteiger partial charge in [-0.1, -0.05) is 47.2 Å². The molecule has 78 valence electrons. The molecule has 0 bridgehead atoms. The Morgan fingerprint density at radius 3 is 2.53 bits per heavy atom. The van der Waals surface area contributed by atoms with E-state index >= 15 is 0 Å². The third-order valence-corrected chi connectivity index (χ3v) is 3.90. The fourth-order valence-electron chi connectivity index (χ4n) is 2.36. The predicted octanol–water partition coefficient (Wildman–Crippen LogP) is 4.48. The fraction of sp³-hybridized carbons (Fsp3) is 0.429. The lowest BCUT2D eigenvalue weighted by atomic mass is 9.84. The van der Waals surface area contributed by atoms with Gasteiger partial charge in [0.25, 0.3) is 0 Å². The molecule has 15 heavy (non-hydrogen) atoms. The third-order valence-electron chi connectivity index (χ3n) is 3.21. The van der Waals surface area contributed by atoms with Crippen LogP contribution in [0.3, 0.4) is 0 Å². The minimum atomic E-state index is 0.736. The van der Waals surface area contributed by atoms with E-state index in [0.29, 0.717) is 0 Å². The van der Waals surface area contributed by atoms with Gasteiger partial charge >= 0.3 is 0 Å². The molecule has 1 aromatic carbocycles. The first-order chi connectivity index (χ1) is 7.31. The average molecular weight is 263 g/mol. The Labute approximate surface area is 100 Å². The van der Waals surface area contributed by atoms with Gasteiger partial charge in [-0.2, -0.15) is 0 Å². The van der Waals surface area contributed by atoms with Crippen LogP contribution in [-0.4, -0.2) is 0 Å². The number of rotatable bonds is 1. The summed E-state index contributed by atoms with van der Waals surface area (Å²) in [6.45, 7) is 0. The van der Waals surface area contributed by atoms with Crippen molar-refractivity contribution in [3.8, 4) is 12.3 Å². The summed E-state index contributed by atoms with van der Waals surface area (Å²) in [5.41, 5.74) is 2.40. The molecule has 0 atom stereocenters. The molecule has 1 heteroatoms. The Bertz CT molecular complexity index is 381. The fourth-order valence-corrected chi connectivity index (χ4v) is 3.06. The van der Waals surface area contributed by atoms with E-state index in [1.54, 1.807) is 0 Å². The number of hydrogen-bond donors (Lipinski definition) is 0. The minimum absolute atomic E-state index is 0.736. The second-order valence-electron chi connectivity index (χ2n) is 4.22. The third kappa shape index (κ3) is 2.44. The average Bonchev–Trinajstić information content (AvgIpc) is 2.30. The van der Waals surface area contributed by atoms with Gasteiger partial charge in [-0.15, -0.1) is 6.42 Å². The summed E-state index contributed by atoms with van der Waals surface area (Å²) >= 11 is 3.63. The maximum atomic E-state index is 5.38. The molecule has 1 aliphatic carbocycles. The molecule has 0 amide bonds. The van der Waals surface area contributed by atoms with Crippen molar-refractivity contribution < 1.29 is 0 Å². The Morgan fingerprint density at radius 2 is 1.93 bits per heavy atom. The quantitative estimate of drug-likeness (QED) is 0.655. The lowest BCUT2D eigenvalue weighted by molar-refractivity contribution is 0.442. The molecule has 0 radical (unpaired) electrons. The first-order valence-electron chi connectivity index (χ1n) is 5.57. The molecule has 0 saturated heterocycles. The van der Waals surface area contributed by atoms with Crippen molar-refractivity contribution in [3.63, 3.8) is 0 Å². The molecule has 1 aliphatic rings. The van der Waals surface area contributed by atoms with Crippen LogP contribution in [0, 0.1) is 12.3 Å². The van der Waals surface area contributed by atoms with E-state index in [1.807, 2.05) is 0 Å². The van der Waals surface area contributed by atoms with Crippen molar-refractivity contribution in [1.29, 1.82) is 0 Å². The topological polar surface area (TPSA) is 0 Å². The molecule has 1 aromatic rings. The molecule has 0 nitrogen and oxygen atoms in total. The van der Waals surface area contributed by atoms with Gasteiger partial charge in [-0.25, -0.2) is 0 Å². The zero-order valence-corrected chi connectivity index (χ0v) is 10.4. The van der Waals surface area contributed by atoms with E-state index in [9.17, 15) is 0 Å². The van der Waals surface area contributed by atoms with E-state index in [2.05, 4.69) is 40.0 Å². The van der Waals surface area contributed by atoms with Crippen molar-refractivity contribution in [2.75, 3.05) is 0 Å². The normalized spacial score (nSPS) is 17.3. The summed E-state index contributed by atoms with van der Waals surface area (Å²) < 4.78 is 1.19. The van der Waals surface area contributed by atoms with E-state index in [-0.39, 0.29) is 0 Å². The Hall–Kier alpha value is -0.740. The highest BCUT2D eigenvalue weighted by Gasteiger charge is 2.17. The molecule has 0 aliphatic heterocycles. The van der Waals surface area contributed by atoms with Crippen LogP contribution in [0.5, 0.6) is 0 Å². The monoisotopic (exact) mass is 262 g/mol. The molecular weight excluding hydrogens is 248 g/mol. The highest BCUT2D eigenvalue weighted by Crippen LogP contribution is 2.36. The Kier molecular flexibility index (Phi) is 3.49. The van der Waals surface area contributed by atoms with Crippen LogP contribution in [0.2, 0.25) is 0 Å². The van der Waals surface area contributed by atoms with E-state index in [4.69, 9.17) is 6.42 Å². The number of terminal acetylenes is 1. The van der Waals surface area contributed by atoms with Gasteiger partial charge in [-0.3, -0.25) is 0 Å². The number of halogens is 1. The van der Waals surface area contributed by atoms with Gasteiger partial charge in [0.1, 0.15) is 0 Å². The zero-order valence-electron chi connectivity index (χ0n) is 8.80. The summed E-state index contributed by atoms with van der Waals surface area (Å²) in [6.07, 6.45) is 12.2. The second-order valence-corrected chi connectivity index (χ2v) is 5.07. The molecule has 0 aromatic heterocycles. The maximum absolute atomic E-state index is 5.38. The summed E-state index contributed by atoms with van der Waals surface area (Å²) in [6, 6.07) is 6.30. The highest BCUT2D eigenvalue weighted by molar-refractivity contribution is 9.10. The van der Waals surface area contributed by atoms with Crippen molar-refractivity contribution in [2.45, 2.75) is 38.0 Å². The minimum Gasteiger partial charge on any atom is -0.115 e. The van der Waals surface area contributed by atoms with Crippen LogP contribution >= 0.6 is 15.9 Å². The standard InChI is InChI=1S/C14H15Br/c1-2-11-8-9-13(14(15)10-11)12-6-4-3-5-7-12/h1,8-10,12H,3-7H2.